The number of hydrogen-bond acceptors (Lipinski definition) is 2. The van der Waals surface area contributed by atoms with E-state index in [0.29, 0.717) is 4.73 Å². The lowest BCUT2D eigenvalue weighted by Crippen LogP contribution is -1.92. The molecule has 5 aromatic carbocycles. The van der Waals surface area contributed by atoms with E-state index in [4.69, 9.17) is 0 Å². The van der Waals surface area contributed by atoms with Crippen LogP contribution in [-0.2, 0) is 0 Å². The van der Waals surface area contributed by atoms with Crippen LogP contribution in [0.15, 0.2) is 120 Å². The fourth-order valence-electron chi connectivity index (χ4n) is 4.35. The quantitative estimate of drug-likeness (QED) is 0.185. The third-order valence-electron chi connectivity index (χ3n) is 6.03. The van der Waals surface area contributed by atoms with Gasteiger partial charge >= 0.3 is 0 Å². The zero-order chi connectivity index (χ0) is 22.2. The molecule has 33 heavy (non-hydrogen) atoms. The zero-order valence-electron chi connectivity index (χ0n) is 17.7. The van der Waals surface area contributed by atoms with Crippen LogP contribution >= 0.6 is 15.9 Å². The number of hydrogen-bond donors (Lipinski definition) is 0. The molecular weight excluding hydrogens is 468 g/mol. The Morgan fingerprint density at radius 2 is 1.00 bits per heavy atom. The number of nitrogens with zero attached hydrogens (tertiary/aromatic N) is 2. The van der Waals surface area contributed by atoms with E-state index in [0.717, 1.165) is 22.5 Å². The lowest BCUT2D eigenvalue weighted by atomic mass is 9.96. The number of benzene rings is 5. The van der Waals surface area contributed by atoms with Crippen LogP contribution in [0.4, 0.5) is 0 Å². The number of fused-ring (bicyclic) bond motifs is 3. The van der Waals surface area contributed by atoms with E-state index in [1.165, 1.54) is 32.7 Å². The average molecular weight is 487 g/mol. The van der Waals surface area contributed by atoms with Crippen LogP contribution in [0.25, 0.3) is 55.2 Å². The lowest BCUT2D eigenvalue weighted by Gasteiger charge is -2.09. The number of halogens is 1. The maximum absolute atomic E-state index is 4.61. The number of aromatic nitrogens is 2. The van der Waals surface area contributed by atoms with Crippen molar-refractivity contribution in [1.29, 1.82) is 0 Å². The Kier molecular flexibility index (Phi) is 4.97. The standard InChI is InChI=1S/C30H19BrN2/c31-30-32-28(22-7-2-1-3-8-22)19-29(33-30)23-13-10-20(11-14-23)24-16-17-27-25(18-24)15-12-21-6-4-5-9-26(21)27/h1-19H. The van der Waals surface area contributed by atoms with Gasteiger partial charge in [-0.25, -0.2) is 9.97 Å². The van der Waals surface area contributed by atoms with Gasteiger partial charge in [0.1, 0.15) is 0 Å². The molecule has 0 saturated carbocycles. The molecule has 0 saturated heterocycles. The smallest absolute Gasteiger partial charge is 0.197 e. The minimum atomic E-state index is 0.588. The minimum absolute atomic E-state index is 0.588. The Morgan fingerprint density at radius 1 is 0.424 bits per heavy atom. The molecule has 0 amide bonds. The fraction of sp³-hybridized carbons (Fsp3) is 0. The summed E-state index contributed by atoms with van der Waals surface area (Å²) in [6.07, 6.45) is 0. The first-order valence-corrected chi connectivity index (χ1v) is 11.7. The molecule has 2 nitrogen and oxygen atoms in total. The molecule has 156 valence electrons. The van der Waals surface area contributed by atoms with Crippen molar-refractivity contribution in [3.8, 4) is 33.6 Å². The summed E-state index contributed by atoms with van der Waals surface area (Å²) in [5.41, 5.74) is 6.32. The molecule has 3 heteroatoms. The summed E-state index contributed by atoms with van der Waals surface area (Å²) in [5.74, 6) is 0. The van der Waals surface area contributed by atoms with Crippen molar-refractivity contribution in [1.82, 2.24) is 9.97 Å². The topological polar surface area (TPSA) is 25.8 Å². The van der Waals surface area contributed by atoms with Crippen molar-refractivity contribution in [3.63, 3.8) is 0 Å². The van der Waals surface area contributed by atoms with Crippen molar-refractivity contribution in [2.45, 2.75) is 0 Å². The molecular formula is C30H19BrN2. The van der Waals surface area contributed by atoms with E-state index in [2.05, 4.69) is 117 Å². The fourth-order valence-corrected chi connectivity index (χ4v) is 4.73. The first-order chi connectivity index (χ1) is 16.2. The second kappa shape index (κ2) is 8.27. The van der Waals surface area contributed by atoms with E-state index in [9.17, 15) is 0 Å². The summed E-state index contributed by atoms with van der Waals surface area (Å²) in [6, 6.07) is 40.4. The monoisotopic (exact) mass is 486 g/mol. The van der Waals surface area contributed by atoms with Gasteiger partial charge in [-0.2, -0.15) is 0 Å². The summed E-state index contributed by atoms with van der Waals surface area (Å²) < 4.78 is 0.588. The van der Waals surface area contributed by atoms with E-state index in [-0.39, 0.29) is 0 Å². The third-order valence-corrected chi connectivity index (χ3v) is 6.38. The summed E-state index contributed by atoms with van der Waals surface area (Å²) in [6.45, 7) is 0. The molecule has 1 aromatic heterocycles. The molecule has 0 aliphatic heterocycles. The van der Waals surface area contributed by atoms with Gasteiger partial charge < -0.3 is 0 Å². The molecule has 0 spiro atoms. The molecule has 0 aliphatic carbocycles. The molecule has 6 rings (SSSR count). The SMILES string of the molecule is Brc1nc(-c2ccccc2)cc(-c2ccc(-c3ccc4c(ccc5ccccc54)c3)cc2)n1. The van der Waals surface area contributed by atoms with Crippen LogP contribution in [0.5, 0.6) is 0 Å². The molecule has 0 radical (unpaired) electrons. The maximum atomic E-state index is 4.61. The zero-order valence-corrected chi connectivity index (χ0v) is 19.3. The molecule has 1 heterocycles. The maximum Gasteiger partial charge on any atom is 0.197 e. The van der Waals surface area contributed by atoms with Crippen molar-refractivity contribution in [3.05, 3.63) is 120 Å². The first kappa shape index (κ1) is 19.8. The number of rotatable bonds is 3. The molecule has 0 bridgehead atoms. The normalized spacial score (nSPS) is 11.2. The molecule has 0 unspecified atom stereocenters. The highest BCUT2D eigenvalue weighted by atomic mass is 79.9. The molecule has 0 N–H and O–H groups in total. The van der Waals surface area contributed by atoms with E-state index < -0.39 is 0 Å². The molecule has 6 aromatic rings. The van der Waals surface area contributed by atoms with Gasteiger partial charge in [0.15, 0.2) is 4.73 Å². The van der Waals surface area contributed by atoms with Gasteiger partial charge in [-0.3, -0.25) is 0 Å². The highest BCUT2D eigenvalue weighted by Gasteiger charge is 2.08. The Labute approximate surface area is 200 Å². The Balaban J connectivity index is 1.36. The van der Waals surface area contributed by atoms with Crippen LogP contribution in [0.1, 0.15) is 0 Å². The van der Waals surface area contributed by atoms with Crippen LogP contribution in [0.2, 0.25) is 0 Å². The Hall–Kier alpha value is -3.82. The van der Waals surface area contributed by atoms with Gasteiger partial charge in [0.25, 0.3) is 0 Å². The van der Waals surface area contributed by atoms with E-state index in [1.54, 1.807) is 0 Å². The van der Waals surface area contributed by atoms with Crippen LogP contribution in [-0.4, -0.2) is 9.97 Å². The van der Waals surface area contributed by atoms with Crippen molar-refractivity contribution in [2.75, 3.05) is 0 Å². The largest absolute Gasteiger partial charge is 0.222 e. The Morgan fingerprint density at radius 3 is 1.79 bits per heavy atom. The van der Waals surface area contributed by atoms with Crippen LogP contribution in [0.3, 0.4) is 0 Å². The van der Waals surface area contributed by atoms with Gasteiger partial charge in [0.05, 0.1) is 11.4 Å². The summed E-state index contributed by atoms with van der Waals surface area (Å²) in [5, 5.41) is 5.10. The summed E-state index contributed by atoms with van der Waals surface area (Å²) >= 11 is 3.48. The van der Waals surface area contributed by atoms with Crippen LogP contribution in [0, 0.1) is 0 Å². The lowest BCUT2D eigenvalue weighted by molar-refractivity contribution is 1.12. The highest BCUT2D eigenvalue weighted by Crippen LogP contribution is 2.31. The molecule has 0 aliphatic rings. The first-order valence-electron chi connectivity index (χ1n) is 10.9. The second-order valence-electron chi connectivity index (χ2n) is 8.07. The minimum Gasteiger partial charge on any atom is -0.222 e. The van der Waals surface area contributed by atoms with Crippen molar-refractivity contribution < 1.29 is 0 Å². The summed E-state index contributed by atoms with van der Waals surface area (Å²) in [4.78, 5) is 9.16. The third kappa shape index (κ3) is 3.81. The molecule has 0 fully saturated rings. The van der Waals surface area contributed by atoms with Gasteiger partial charge in [-0.15, -0.1) is 0 Å². The predicted molar refractivity (Wildman–Crippen MR) is 141 cm³/mol. The van der Waals surface area contributed by atoms with Crippen LogP contribution < -0.4 is 0 Å². The predicted octanol–water partition coefficient (Wildman–Crippen LogP) is 8.55. The van der Waals surface area contributed by atoms with E-state index in [1.807, 2.05) is 24.3 Å². The summed E-state index contributed by atoms with van der Waals surface area (Å²) in [7, 11) is 0. The second-order valence-corrected chi connectivity index (χ2v) is 8.78. The van der Waals surface area contributed by atoms with Gasteiger partial charge in [-0.05, 0) is 60.7 Å². The Bertz CT molecular complexity index is 1610. The van der Waals surface area contributed by atoms with Crippen molar-refractivity contribution >= 4 is 37.5 Å². The van der Waals surface area contributed by atoms with Gasteiger partial charge in [0, 0.05) is 11.1 Å². The highest BCUT2D eigenvalue weighted by molar-refractivity contribution is 9.10. The molecule has 0 atom stereocenters. The van der Waals surface area contributed by atoms with Gasteiger partial charge in [-0.1, -0.05) is 103 Å². The van der Waals surface area contributed by atoms with Gasteiger partial charge in [0.2, 0.25) is 0 Å². The average Bonchev–Trinajstić information content (AvgIpc) is 2.88. The van der Waals surface area contributed by atoms with E-state index >= 15 is 0 Å². The van der Waals surface area contributed by atoms with Crippen molar-refractivity contribution in [2.24, 2.45) is 0 Å².